The molecule has 8 heteroatoms. The van der Waals surface area contributed by atoms with E-state index in [0.29, 0.717) is 25.6 Å². The van der Waals surface area contributed by atoms with Crippen LogP contribution in [0.4, 0.5) is 4.79 Å². The molecule has 0 aliphatic rings. The molecule has 3 N–H and O–H groups in total. The van der Waals surface area contributed by atoms with Crippen LogP contribution < -0.4 is 16.0 Å². The molecule has 0 saturated carbocycles. The number of hydrogen-bond acceptors (Lipinski definition) is 4. The van der Waals surface area contributed by atoms with E-state index in [1.165, 1.54) is 0 Å². The van der Waals surface area contributed by atoms with Gasteiger partial charge in [0.05, 0.1) is 11.4 Å². The molecule has 0 spiro atoms. The lowest BCUT2D eigenvalue weighted by Crippen LogP contribution is -2.42. The van der Waals surface area contributed by atoms with E-state index in [9.17, 15) is 4.79 Å². The number of alkyl carbamates (subject to hydrolysis) is 1. The molecule has 1 aromatic carbocycles. The van der Waals surface area contributed by atoms with E-state index in [0.717, 1.165) is 22.6 Å². The lowest BCUT2D eigenvalue weighted by Gasteiger charge is -2.20. The number of nitrogens with one attached hydrogen (secondary N) is 3. The summed E-state index contributed by atoms with van der Waals surface area (Å²) in [7, 11) is 1.71. The highest BCUT2D eigenvalue weighted by Gasteiger charge is 2.16. The average Bonchev–Trinajstić information content (AvgIpc) is 2.94. The Labute approximate surface area is 172 Å². The smallest absolute Gasteiger partial charge is 0.407 e. The van der Waals surface area contributed by atoms with Gasteiger partial charge in [0.1, 0.15) is 5.60 Å². The zero-order valence-electron chi connectivity index (χ0n) is 18.2. The summed E-state index contributed by atoms with van der Waals surface area (Å²) in [6, 6.07) is 10.1. The predicted molar refractivity (Wildman–Crippen MR) is 115 cm³/mol. The third-order valence-corrected chi connectivity index (χ3v) is 4.18. The van der Waals surface area contributed by atoms with Crippen molar-refractivity contribution in [2.24, 2.45) is 4.99 Å². The number of carbonyl (C=O) groups excluding carboxylic acids is 1. The van der Waals surface area contributed by atoms with Gasteiger partial charge in [0.25, 0.3) is 0 Å². The van der Waals surface area contributed by atoms with Gasteiger partial charge in [-0.2, -0.15) is 5.10 Å². The quantitative estimate of drug-likeness (QED) is 0.394. The summed E-state index contributed by atoms with van der Waals surface area (Å²) in [6.07, 6.45) is -0.429. The second-order valence-electron chi connectivity index (χ2n) is 7.68. The molecular formula is C21H32N6O2. The van der Waals surface area contributed by atoms with E-state index < -0.39 is 11.7 Å². The van der Waals surface area contributed by atoms with Crippen LogP contribution in [-0.4, -0.2) is 47.6 Å². The van der Waals surface area contributed by atoms with E-state index in [1.54, 1.807) is 7.05 Å². The van der Waals surface area contributed by atoms with Gasteiger partial charge >= 0.3 is 6.09 Å². The Morgan fingerprint density at radius 2 is 1.76 bits per heavy atom. The van der Waals surface area contributed by atoms with Crippen LogP contribution in [0.15, 0.2) is 35.3 Å². The summed E-state index contributed by atoms with van der Waals surface area (Å²) >= 11 is 0. The first-order valence-corrected chi connectivity index (χ1v) is 9.73. The molecule has 158 valence electrons. The Bertz CT molecular complexity index is 837. The lowest BCUT2D eigenvalue weighted by atomic mass is 10.2. The Morgan fingerprint density at radius 1 is 1.10 bits per heavy atom. The van der Waals surface area contributed by atoms with Crippen molar-refractivity contribution in [3.05, 3.63) is 47.3 Å². The zero-order chi connectivity index (χ0) is 21.4. The zero-order valence-corrected chi connectivity index (χ0v) is 18.2. The molecule has 1 aromatic heterocycles. The standard InChI is InChI=1S/C21H32N6O2/c1-15-18(16(2)27(26-15)17-10-8-7-9-11-17)14-25-19(22-6)23-12-13-24-20(28)29-21(3,4)5/h7-11H,12-14H2,1-6H3,(H,24,28)(H2,22,23,25). The van der Waals surface area contributed by atoms with Crippen LogP contribution in [0.1, 0.15) is 37.7 Å². The second kappa shape index (κ2) is 9.95. The number of ether oxygens (including phenoxy) is 1. The number of aryl methyl sites for hydroxylation is 1. The molecular weight excluding hydrogens is 368 g/mol. The van der Waals surface area contributed by atoms with Crippen molar-refractivity contribution in [2.45, 2.75) is 46.8 Å². The molecule has 29 heavy (non-hydrogen) atoms. The minimum Gasteiger partial charge on any atom is -0.444 e. The molecule has 1 amide bonds. The van der Waals surface area contributed by atoms with Crippen LogP contribution in [0, 0.1) is 13.8 Å². The number of guanidine groups is 1. The van der Waals surface area contributed by atoms with E-state index in [4.69, 9.17) is 4.74 Å². The van der Waals surface area contributed by atoms with Crippen molar-refractivity contribution in [3.8, 4) is 5.69 Å². The van der Waals surface area contributed by atoms with Crippen LogP contribution in [-0.2, 0) is 11.3 Å². The summed E-state index contributed by atoms with van der Waals surface area (Å²) in [5.41, 5.74) is 3.72. The van der Waals surface area contributed by atoms with Gasteiger partial charge in [0, 0.05) is 37.9 Å². The van der Waals surface area contributed by atoms with Crippen LogP contribution in [0.2, 0.25) is 0 Å². The van der Waals surface area contributed by atoms with Crippen molar-refractivity contribution in [2.75, 3.05) is 20.1 Å². The molecule has 2 aromatic rings. The minimum atomic E-state index is -0.505. The Hall–Kier alpha value is -3.03. The number of hydrogen-bond donors (Lipinski definition) is 3. The second-order valence-corrected chi connectivity index (χ2v) is 7.68. The molecule has 1 heterocycles. The predicted octanol–water partition coefficient (Wildman–Crippen LogP) is 2.68. The molecule has 0 atom stereocenters. The summed E-state index contributed by atoms with van der Waals surface area (Å²) < 4.78 is 7.16. The fraction of sp³-hybridized carbons (Fsp3) is 0.476. The number of carbonyl (C=O) groups is 1. The van der Waals surface area contributed by atoms with Crippen LogP contribution >= 0.6 is 0 Å². The number of aliphatic imine (C=N–C) groups is 1. The maximum absolute atomic E-state index is 11.7. The normalized spacial score (nSPS) is 11.9. The highest BCUT2D eigenvalue weighted by molar-refractivity contribution is 5.79. The van der Waals surface area contributed by atoms with Gasteiger partial charge in [-0.3, -0.25) is 4.99 Å². The summed E-state index contributed by atoms with van der Waals surface area (Å²) in [5.74, 6) is 0.655. The topological polar surface area (TPSA) is 92.6 Å². The van der Waals surface area contributed by atoms with E-state index in [1.807, 2.05) is 62.7 Å². The van der Waals surface area contributed by atoms with Gasteiger partial charge < -0.3 is 20.7 Å². The molecule has 0 fully saturated rings. The van der Waals surface area contributed by atoms with Crippen LogP contribution in [0.5, 0.6) is 0 Å². The van der Waals surface area contributed by atoms with Gasteiger partial charge in [0.15, 0.2) is 5.96 Å². The first kappa shape index (κ1) is 22.3. The van der Waals surface area contributed by atoms with Crippen molar-refractivity contribution < 1.29 is 9.53 Å². The Balaban J connectivity index is 1.85. The van der Waals surface area contributed by atoms with Gasteiger partial charge in [0.2, 0.25) is 0 Å². The summed E-state index contributed by atoms with van der Waals surface area (Å²) in [6.45, 7) is 11.1. The van der Waals surface area contributed by atoms with Gasteiger partial charge in [-0.1, -0.05) is 18.2 Å². The number of benzene rings is 1. The minimum absolute atomic E-state index is 0.429. The molecule has 0 aliphatic carbocycles. The number of para-hydroxylation sites is 1. The van der Waals surface area contributed by atoms with E-state index in [-0.39, 0.29) is 0 Å². The summed E-state index contributed by atoms with van der Waals surface area (Å²) in [5, 5.41) is 13.9. The average molecular weight is 401 g/mol. The number of aromatic nitrogens is 2. The maximum Gasteiger partial charge on any atom is 0.407 e. The highest BCUT2D eigenvalue weighted by Crippen LogP contribution is 2.17. The molecule has 2 rings (SSSR count). The monoisotopic (exact) mass is 400 g/mol. The number of nitrogens with zero attached hydrogens (tertiary/aromatic N) is 3. The highest BCUT2D eigenvalue weighted by atomic mass is 16.6. The first-order chi connectivity index (χ1) is 13.7. The van der Waals surface area contributed by atoms with Crippen LogP contribution in [0.25, 0.3) is 5.69 Å². The third kappa shape index (κ3) is 6.81. The molecule has 0 radical (unpaired) electrons. The Kier molecular flexibility index (Phi) is 7.64. The fourth-order valence-electron chi connectivity index (χ4n) is 2.80. The molecule has 8 nitrogen and oxygen atoms in total. The summed E-state index contributed by atoms with van der Waals surface area (Å²) in [4.78, 5) is 15.9. The van der Waals surface area contributed by atoms with Gasteiger partial charge in [-0.15, -0.1) is 0 Å². The SMILES string of the molecule is CN=C(NCCNC(=O)OC(C)(C)C)NCc1c(C)nn(-c2ccccc2)c1C. The van der Waals surface area contributed by atoms with Crippen molar-refractivity contribution >= 4 is 12.1 Å². The third-order valence-electron chi connectivity index (χ3n) is 4.18. The molecule has 0 saturated heterocycles. The lowest BCUT2D eigenvalue weighted by molar-refractivity contribution is 0.0529. The largest absolute Gasteiger partial charge is 0.444 e. The number of amides is 1. The molecule has 0 aliphatic heterocycles. The van der Waals surface area contributed by atoms with E-state index in [2.05, 4.69) is 33.0 Å². The van der Waals surface area contributed by atoms with E-state index >= 15 is 0 Å². The van der Waals surface area contributed by atoms with Gasteiger partial charge in [-0.05, 0) is 46.8 Å². The first-order valence-electron chi connectivity index (χ1n) is 9.73. The molecule has 0 unspecified atom stereocenters. The van der Waals surface area contributed by atoms with Crippen LogP contribution in [0.3, 0.4) is 0 Å². The molecule has 0 bridgehead atoms. The Morgan fingerprint density at radius 3 is 2.38 bits per heavy atom. The fourth-order valence-corrected chi connectivity index (χ4v) is 2.80. The van der Waals surface area contributed by atoms with Crippen molar-refractivity contribution in [3.63, 3.8) is 0 Å². The van der Waals surface area contributed by atoms with Crippen molar-refractivity contribution in [1.82, 2.24) is 25.7 Å². The van der Waals surface area contributed by atoms with Gasteiger partial charge in [-0.25, -0.2) is 9.48 Å². The maximum atomic E-state index is 11.7. The number of rotatable bonds is 6. The van der Waals surface area contributed by atoms with Crippen molar-refractivity contribution in [1.29, 1.82) is 0 Å².